The van der Waals surface area contributed by atoms with Gasteiger partial charge in [-0.3, -0.25) is 0 Å². The highest BCUT2D eigenvalue weighted by molar-refractivity contribution is 5.23. The Morgan fingerprint density at radius 2 is 1.61 bits per heavy atom. The number of hydrogen-bond donors (Lipinski definition) is 2. The van der Waals surface area contributed by atoms with Gasteiger partial charge >= 0.3 is 0 Å². The number of nitrogens with one attached hydrogen (secondary N) is 1. The molecule has 0 aromatic heterocycles. The zero-order valence-corrected chi connectivity index (χ0v) is 12.9. The molecular formula is C18H20F3NO. The van der Waals surface area contributed by atoms with Crippen LogP contribution in [0.3, 0.4) is 0 Å². The summed E-state index contributed by atoms with van der Waals surface area (Å²) in [7, 11) is 0. The molecule has 0 radical (unpaired) electrons. The van der Waals surface area contributed by atoms with Crippen LogP contribution < -0.4 is 5.32 Å². The molecule has 0 fully saturated rings. The first-order chi connectivity index (χ1) is 11.0. The summed E-state index contributed by atoms with van der Waals surface area (Å²) in [4.78, 5) is 0. The maximum absolute atomic E-state index is 13.3. The molecule has 0 saturated heterocycles. The van der Waals surface area contributed by atoms with Crippen molar-refractivity contribution in [3.8, 4) is 0 Å². The SMILES string of the molecule is CC(NCC(CCO)c1ccccc1)c1cc(F)c(F)c(F)c1. The molecule has 2 atom stereocenters. The molecule has 2 unspecified atom stereocenters. The largest absolute Gasteiger partial charge is 0.396 e. The van der Waals surface area contributed by atoms with E-state index in [1.165, 1.54) is 0 Å². The lowest BCUT2D eigenvalue weighted by atomic mass is 9.95. The highest BCUT2D eigenvalue weighted by Crippen LogP contribution is 2.22. The molecule has 0 amide bonds. The second kappa shape index (κ2) is 8.13. The Kier molecular flexibility index (Phi) is 6.19. The fourth-order valence-corrected chi connectivity index (χ4v) is 2.53. The van der Waals surface area contributed by atoms with Crippen LogP contribution >= 0.6 is 0 Å². The minimum atomic E-state index is -1.46. The molecule has 2 aromatic carbocycles. The van der Waals surface area contributed by atoms with Gasteiger partial charge in [0.15, 0.2) is 17.5 Å². The van der Waals surface area contributed by atoms with Gasteiger partial charge in [-0.1, -0.05) is 30.3 Å². The quantitative estimate of drug-likeness (QED) is 0.757. The van der Waals surface area contributed by atoms with Crippen molar-refractivity contribution in [1.82, 2.24) is 5.32 Å². The van der Waals surface area contributed by atoms with Crippen LogP contribution in [-0.4, -0.2) is 18.3 Å². The third kappa shape index (κ3) is 4.56. The standard InChI is InChI=1S/C18H20F3NO/c1-12(15-9-16(19)18(21)17(20)10-15)22-11-14(7-8-23)13-5-3-2-4-6-13/h2-6,9-10,12,14,22-23H,7-8,11H2,1H3. The van der Waals surface area contributed by atoms with E-state index in [2.05, 4.69) is 5.32 Å². The van der Waals surface area contributed by atoms with Gasteiger partial charge in [0.2, 0.25) is 0 Å². The van der Waals surface area contributed by atoms with Crippen LogP contribution in [0.25, 0.3) is 0 Å². The molecule has 2 rings (SSSR count). The second-order valence-electron chi connectivity index (χ2n) is 5.55. The molecular weight excluding hydrogens is 303 g/mol. The first-order valence-electron chi connectivity index (χ1n) is 7.56. The van der Waals surface area contributed by atoms with Crippen molar-refractivity contribution in [2.45, 2.75) is 25.3 Å². The molecule has 0 heterocycles. The Balaban J connectivity index is 2.06. The van der Waals surface area contributed by atoms with Crippen molar-refractivity contribution in [2.24, 2.45) is 0 Å². The fraction of sp³-hybridized carbons (Fsp3) is 0.333. The van der Waals surface area contributed by atoms with Crippen molar-refractivity contribution < 1.29 is 18.3 Å². The lowest BCUT2D eigenvalue weighted by Crippen LogP contribution is -2.25. The highest BCUT2D eigenvalue weighted by Gasteiger charge is 2.16. The maximum Gasteiger partial charge on any atom is 0.194 e. The molecule has 0 spiro atoms. The number of hydrogen-bond acceptors (Lipinski definition) is 2. The molecule has 2 N–H and O–H groups in total. The van der Waals surface area contributed by atoms with E-state index < -0.39 is 17.5 Å². The van der Waals surface area contributed by atoms with Crippen molar-refractivity contribution in [3.05, 3.63) is 71.0 Å². The summed E-state index contributed by atoms with van der Waals surface area (Å²) < 4.78 is 39.6. The number of rotatable bonds is 7. The van der Waals surface area contributed by atoms with E-state index >= 15 is 0 Å². The third-order valence-electron chi connectivity index (χ3n) is 3.93. The number of halogens is 3. The fourth-order valence-electron chi connectivity index (χ4n) is 2.53. The summed E-state index contributed by atoms with van der Waals surface area (Å²) in [6, 6.07) is 11.4. The van der Waals surface area contributed by atoms with Gasteiger partial charge in [-0.15, -0.1) is 0 Å². The van der Waals surface area contributed by atoms with E-state index in [0.29, 0.717) is 18.5 Å². The summed E-state index contributed by atoms with van der Waals surface area (Å²) in [5, 5.41) is 12.4. The first kappa shape index (κ1) is 17.5. The Hall–Kier alpha value is -1.85. The average molecular weight is 323 g/mol. The molecule has 2 aromatic rings. The van der Waals surface area contributed by atoms with Crippen LogP contribution in [0.2, 0.25) is 0 Å². The van der Waals surface area contributed by atoms with Crippen LogP contribution in [-0.2, 0) is 0 Å². The topological polar surface area (TPSA) is 32.3 Å². The van der Waals surface area contributed by atoms with Crippen molar-refractivity contribution in [1.29, 1.82) is 0 Å². The van der Waals surface area contributed by atoms with E-state index in [-0.39, 0.29) is 18.6 Å². The Morgan fingerprint density at radius 3 is 2.17 bits per heavy atom. The van der Waals surface area contributed by atoms with E-state index in [1.807, 2.05) is 30.3 Å². The third-order valence-corrected chi connectivity index (χ3v) is 3.93. The molecule has 0 bridgehead atoms. The van der Waals surface area contributed by atoms with Crippen LogP contribution in [0.5, 0.6) is 0 Å². The summed E-state index contributed by atoms with van der Waals surface area (Å²) >= 11 is 0. The first-order valence-corrected chi connectivity index (χ1v) is 7.56. The van der Waals surface area contributed by atoms with Crippen LogP contribution in [0, 0.1) is 17.5 Å². The summed E-state index contributed by atoms with van der Waals surface area (Å²) in [6.45, 7) is 2.34. The van der Waals surface area contributed by atoms with Crippen LogP contribution in [0.1, 0.15) is 36.4 Å². The summed E-state index contributed by atoms with van der Waals surface area (Å²) in [6.07, 6.45) is 0.579. The summed E-state index contributed by atoms with van der Waals surface area (Å²) in [5.74, 6) is -3.76. The molecule has 0 aliphatic heterocycles. The van der Waals surface area contributed by atoms with Gasteiger partial charge in [-0.2, -0.15) is 0 Å². The number of benzene rings is 2. The van der Waals surface area contributed by atoms with E-state index in [9.17, 15) is 18.3 Å². The minimum absolute atomic E-state index is 0.0510. The predicted octanol–water partition coefficient (Wildman–Crippen LogP) is 3.92. The maximum atomic E-state index is 13.3. The molecule has 124 valence electrons. The molecule has 5 heteroatoms. The van der Waals surface area contributed by atoms with E-state index in [1.54, 1.807) is 6.92 Å². The van der Waals surface area contributed by atoms with E-state index in [4.69, 9.17) is 0 Å². The van der Waals surface area contributed by atoms with E-state index in [0.717, 1.165) is 17.7 Å². The number of aliphatic hydroxyl groups excluding tert-OH is 1. The molecule has 2 nitrogen and oxygen atoms in total. The van der Waals surface area contributed by atoms with Crippen LogP contribution in [0.4, 0.5) is 13.2 Å². The van der Waals surface area contributed by atoms with Gasteiger partial charge < -0.3 is 10.4 Å². The number of aliphatic hydroxyl groups is 1. The van der Waals surface area contributed by atoms with Crippen molar-refractivity contribution in [2.75, 3.05) is 13.2 Å². The zero-order chi connectivity index (χ0) is 16.8. The van der Waals surface area contributed by atoms with Gasteiger partial charge in [-0.05, 0) is 42.5 Å². The molecule has 23 heavy (non-hydrogen) atoms. The minimum Gasteiger partial charge on any atom is -0.396 e. The van der Waals surface area contributed by atoms with Crippen LogP contribution in [0.15, 0.2) is 42.5 Å². The lowest BCUT2D eigenvalue weighted by Gasteiger charge is -2.21. The van der Waals surface area contributed by atoms with Gasteiger partial charge in [0, 0.05) is 19.2 Å². The van der Waals surface area contributed by atoms with Gasteiger partial charge in [0.05, 0.1) is 0 Å². The normalized spacial score (nSPS) is 13.8. The van der Waals surface area contributed by atoms with Gasteiger partial charge in [0.1, 0.15) is 0 Å². The Labute approximate surface area is 134 Å². The molecule has 0 saturated carbocycles. The average Bonchev–Trinajstić information content (AvgIpc) is 2.56. The highest BCUT2D eigenvalue weighted by atomic mass is 19.2. The van der Waals surface area contributed by atoms with Gasteiger partial charge in [-0.25, -0.2) is 13.2 Å². The smallest absolute Gasteiger partial charge is 0.194 e. The lowest BCUT2D eigenvalue weighted by molar-refractivity contribution is 0.272. The second-order valence-corrected chi connectivity index (χ2v) is 5.55. The Bertz CT molecular complexity index is 610. The Morgan fingerprint density at radius 1 is 1.00 bits per heavy atom. The summed E-state index contributed by atoms with van der Waals surface area (Å²) in [5.41, 5.74) is 1.43. The molecule has 0 aliphatic carbocycles. The predicted molar refractivity (Wildman–Crippen MR) is 83.6 cm³/mol. The van der Waals surface area contributed by atoms with Crippen molar-refractivity contribution in [3.63, 3.8) is 0 Å². The van der Waals surface area contributed by atoms with Crippen molar-refractivity contribution >= 4 is 0 Å². The zero-order valence-electron chi connectivity index (χ0n) is 12.9. The molecule has 0 aliphatic rings. The monoisotopic (exact) mass is 323 g/mol. The van der Waals surface area contributed by atoms with Gasteiger partial charge in [0.25, 0.3) is 0 Å².